The molecule has 10 heavy (non-hydrogen) atoms. The summed E-state index contributed by atoms with van der Waals surface area (Å²) in [6.07, 6.45) is -2.88. The molecule has 0 aromatic rings. The number of rotatable bonds is 2. The van der Waals surface area contributed by atoms with Crippen LogP contribution >= 0.6 is 0 Å². The van der Waals surface area contributed by atoms with Gasteiger partial charge in [0.1, 0.15) is 6.10 Å². The third-order valence-corrected chi connectivity index (χ3v) is 1.80. The zero-order chi connectivity index (χ0) is 7.56. The van der Waals surface area contributed by atoms with E-state index in [-0.39, 0.29) is 6.42 Å². The van der Waals surface area contributed by atoms with Crippen LogP contribution in [0.25, 0.3) is 0 Å². The van der Waals surface area contributed by atoms with Gasteiger partial charge in [0.25, 0.3) is 0 Å². The van der Waals surface area contributed by atoms with Gasteiger partial charge in [0, 0.05) is 6.42 Å². The monoisotopic (exact) mass is 172 g/mol. The lowest BCUT2D eigenvalue weighted by Gasteiger charge is -2.02. The fourth-order valence-electron chi connectivity index (χ4n) is 0.591. The van der Waals surface area contributed by atoms with E-state index in [2.05, 4.69) is 8.37 Å². The maximum atomic E-state index is 12.3. The van der Waals surface area contributed by atoms with Gasteiger partial charge < -0.3 is 0 Å². The van der Waals surface area contributed by atoms with Crippen LogP contribution in [0.1, 0.15) is 6.42 Å². The summed E-state index contributed by atoms with van der Waals surface area (Å²) in [5.74, 6) is 0. The van der Waals surface area contributed by atoms with Gasteiger partial charge in [-0.05, 0) is 0 Å². The topological polar surface area (TPSA) is 35.5 Å². The maximum Gasteiger partial charge on any atom is 0.308 e. The summed E-state index contributed by atoms with van der Waals surface area (Å²) in [5.41, 5.74) is 0. The average molecular weight is 172 g/mol. The van der Waals surface area contributed by atoms with E-state index in [1.165, 1.54) is 0 Å². The highest BCUT2D eigenvalue weighted by Gasteiger charge is 2.34. The molecular formula is C4H6F2O3S. The number of halogens is 2. The SMILES string of the molecule is O=S1OC(F)C(CCF)O1. The zero-order valence-corrected chi connectivity index (χ0v) is 5.77. The Morgan fingerprint density at radius 2 is 2.20 bits per heavy atom. The van der Waals surface area contributed by atoms with Crippen LogP contribution in [-0.2, 0) is 19.7 Å². The summed E-state index contributed by atoms with van der Waals surface area (Å²) in [7, 11) is 0. The molecule has 0 spiro atoms. The van der Waals surface area contributed by atoms with Crippen LogP contribution in [0, 0.1) is 0 Å². The van der Waals surface area contributed by atoms with Crippen molar-refractivity contribution in [3.63, 3.8) is 0 Å². The fourth-order valence-corrected chi connectivity index (χ4v) is 1.30. The van der Waals surface area contributed by atoms with Gasteiger partial charge in [-0.1, -0.05) is 0 Å². The molecule has 6 heteroatoms. The molecule has 0 aliphatic carbocycles. The molecule has 60 valence electrons. The molecule has 3 unspecified atom stereocenters. The molecule has 0 aromatic carbocycles. The molecule has 1 aliphatic rings. The predicted molar refractivity (Wildman–Crippen MR) is 29.6 cm³/mol. The van der Waals surface area contributed by atoms with E-state index >= 15 is 0 Å². The van der Waals surface area contributed by atoms with Crippen LogP contribution in [-0.4, -0.2) is 23.3 Å². The lowest BCUT2D eigenvalue weighted by Crippen LogP contribution is -2.17. The average Bonchev–Trinajstić information content (AvgIpc) is 2.13. The lowest BCUT2D eigenvalue weighted by atomic mass is 10.3. The van der Waals surface area contributed by atoms with Gasteiger partial charge >= 0.3 is 11.4 Å². The largest absolute Gasteiger partial charge is 0.308 e. The highest BCUT2D eigenvalue weighted by atomic mass is 32.2. The first kappa shape index (κ1) is 8.03. The van der Waals surface area contributed by atoms with Crippen LogP contribution in [0.4, 0.5) is 8.78 Å². The molecule has 3 nitrogen and oxygen atoms in total. The van der Waals surface area contributed by atoms with Gasteiger partial charge in [-0.3, -0.25) is 8.57 Å². The van der Waals surface area contributed by atoms with Crippen molar-refractivity contribution in [2.75, 3.05) is 6.67 Å². The lowest BCUT2D eigenvalue weighted by molar-refractivity contribution is 0.0321. The standard InChI is InChI=1S/C4H6F2O3S/c5-2-1-3-4(6)9-10(7)8-3/h3-4H,1-2H2. The molecule has 1 rings (SSSR count). The van der Waals surface area contributed by atoms with Gasteiger partial charge in [-0.25, -0.2) is 8.57 Å². The van der Waals surface area contributed by atoms with Crippen LogP contribution in [0.5, 0.6) is 0 Å². The van der Waals surface area contributed by atoms with Gasteiger partial charge in [-0.15, -0.1) is 0 Å². The Morgan fingerprint density at radius 3 is 2.60 bits per heavy atom. The van der Waals surface area contributed by atoms with Gasteiger partial charge in [-0.2, -0.15) is 4.21 Å². The van der Waals surface area contributed by atoms with Crippen LogP contribution in [0.15, 0.2) is 0 Å². The van der Waals surface area contributed by atoms with Crippen molar-refractivity contribution in [1.29, 1.82) is 0 Å². The van der Waals surface area contributed by atoms with Crippen LogP contribution in [0.3, 0.4) is 0 Å². The molecule has 1 aliphatic heterocycles. The van der Waals surface area contributed by atoms with Crippen LogP contribution < -0.4 is 0 Å². The van der Waals surface area contributed by atoms with Gasteiger partial charge in [0.15, 0.2) is 0 Å². The minimum atomic E-state index is -2.03. The van der Waals surface area contributed by atoms with Crippen molar-refractivity contribution >= 4 is 11.4 Å². The van der Waals surface area contributed by atoms with E-state index in [1.54, 1.807) is 0 Å². The molecule has 0 saturated carbocycles. The number of alkyl halides is 2. The second kappa shape index (κ2) is 3.36. The van der Waals surface area contributed by atoms with E-state index in [0.29, 0.717) is 0 Å². The molecule has 0 radical (unpaired) electrons. The summed E-state index contributed by atoms with van der Waals surface area (Å²) in [5, 5.41) is 0. The van der Waals surface area contributed by atoms with Crippen molar-refractivity contribution in [3.05, 3.63) is 0 Å². The Morgan fingerprint density at radius 1 is 1.50 bits per heavy atom. The quantitative estimate of drug-likeness (QED) is 0.613. The first-order valence-corrected chi connectivity index (χ1v) is 3.70. The van der Waals surface area contributed by atoms with Crippen LogP contribution in [0.2, 0.25) is 0 Å². The molecule has 0 aromatic heterocycles. The zero-order valence-electron chi connectivity index (χ0n) is 4.96. The second-order valence-electron chi connectivity index (χ2n) is 1.76. The minimum Gasteiger partial charge on any atom is -0.259 e. The highest BCUT2D eigenvalue weighted by Crippen LogP contribution is 2.20. The molecule has 1 saturated heterocycles. The summed E-state index contributed by atoms with van der Waals surface area (Å²) < 4.78 is 42.5. The summed E-state index contributed by atoms with van der Waals surface area (Å²) >= 11 is -2.03. The first-order chi connectivity index (χ1) is 4.74. The Bertz CT molecular complexity index is 142. The van der Waals surface area contributed by atoms with Crippen molar-refractivity contribution in [3.8, 4) is 0 Å². The predicted octanol–water partition coefficient (Wildman–Crippen LogP) is 0.636. The second-order valence-corrected chi connectivity index (χ2v) is 2.56. The van der Waals surface area contributed by atoms with Crippen molar-refractivity contribution in [1.82, 2.24) is 0 Å². The number of hydrogen-bond donors (Lipinski definition) is 0. The van der Waals surface area contributed by atoms with E-state index < -0.39 is 30.5 Å². The molecule has 0 N–H and O–H groups in total. The fraction of sp³-hybridized carbons (Fsp3) is 1.00. The summed E-state index contributed by atoms with van der Waals surface area (Å²) in [6, 6.07) is 0. The molecule has 0 bridgehead atoms. The van der Waals surface area contributed by atoms with Crippen molar-refractivity contribution in [2.45, 2.75) is 18.9 Å². The van der Waals surface area contributed by atoms with E-state index in [0.717, 1.165) is 0 Å². The molecule has 1 fully saturated rings. The highest BCUT2D eigenvalue weighted by molar-refractivity contribution is 7.75. The first-order valence-electron chi connectivity index (χ1n) is 2.70. The van der Waals surface area contributed by atoms with E-state index in [4.69, 9.17) is 0 Å². The molecular weight excluding hydrogens is 166 g/mol. The summed E-state index contributed by atoms with van der Waals surface area (Å²) in [4.78, 5) is 0. The van der Waals surface area contributed by atoms with Crippen molar-refractivity contribution < 1.29 is 21.4 Å². The van der Waals surface area contributed by atoms with E-state index in [1.807, 2.05) is 0 Å². The van der Waals surface area contributed by atoms with E-state index in [9.17, 15) is 13.0 Å². The molecule has 0 amide bonds. The normalized spacial score (nSPS) is 40.4. The van der Waals surface area contributed by atoms with Crippen molar-refractivity contribution in [2.24, 2.45) is 0 Å². The third kappa shape index (κ3) is 1.71. The van der Waals surface area contributed by atoms with Gasteiger partial charge in [0.2, 0.25) is 6.36 Å². The Labute approximate surface area is 59.2 Å². The van der Waals surface area contributed by atoms with Gasteiger partial charge in [0.05, 0.1) is 6.67 Å². The smallest absolute Gasteiger partial charge is 0.259 e. The molecule has 3 atom stereocenters. The summed E-state index contributed by atoms with van der Waals surface area (Å²) in [6.45, 7) is -0.703. The Hall–Kier alpha value is -0.0700. The maximum absolute atomic E-state index is 12.3. The Balaban J connectivity index is 2.38. The Kier molecular flexibility index (Phi) is 2.70. The third-order valence-electron chi connectivity index (χ3n) is 1.06. The number of hydrogen-bond acceptors (Lipinski definition) is 3. The molecule has 1 heterocycles. The minimum absolute atomic E-state index is 0.118.